The second-order valence-electron chi connectivity index (χ2n) is 4.96. The smallest absolute Gasteiger partial charge is 0.270 e. The van der Waals surface area contributed by atoms with E-state index in [1.807, 2.05) is 13.8 Å². The van der Waals surface area contributed by atoms with E-state index in [4.69, 9.17) is 17.3 Å². The molecule has 0 aromatic heterocycles. The highest BCUT2D eigenvalue weighted by Crippen LogP contribution is 2.18. The number of hydrogen-bond acceptors (Lipinski definition) is 3. The average Bonchev–Trinajstić information content (AvgIpc) is 2.39. The lowest BCUT2D eigenvalue weighted by Crippen LogP contribution is -2.40. The van der Waals surface area contributed by atoms with Gasteiger partial charge in [-0.2, -0.15) is 0 Å². The number of nitrogens with zero attached hydrogens (tertiary/aromatic N) is 1. The quantitative estimate of drug-likeness (QED) is 0.817. The molecule has 5 nitrogen and oxygen atoms in total. The Kier molecular flexibility index (Phi) is 4.11. The molecule has 0 saturated heterocycles. The van der Waals surface area contributed by atoms with Crippen molar-refractivity contribution in [2.45, 2.75) is 19.9 Å². The van der Waals surface area contributed by atoms with Crippen molar-refractivity contribution in [3.63, 3.8) is 0 Å². The van der Waals surface area contributed by atoms with Gasteiger partial charge in [0.05, 0.1) is 16.8 Å². The molecule has 1 heterocycles. The molecule has 1 aliphatic heterocycles. The van der Waals surface area contributed by atoms with E-state index in [1.54, 1.807) is 12.1 Å². The number of hydrogen-bond donors (Lipinski definition) is 2. The number of nitrogens with two attached hydrogens (primary N) is 1. The first-order valence-electron chi connectivity index (χ1n) is 6.21. The minimum absolute atomic E-state index is 0.0201. The summed E-state index contributed by atoms with van der Waals surface area (Å²) >= 11 is 6.11. The van der Waals surface area contributed by atoms with E-state index in [0.717, 1.165) is 5.22 Å². The van der Waals surface area contributed by atoms with Crippen molar-refractivity contribution in [3.05, 3.63) is 27.6 Å². The highest BCUT2D eigenvalue weighted by molar-refractivity contribution is 6.33. The summed E-state index contributed by atoms with van der Waals surface area (Å²) in [5, 5.41) is 8.14. The van der Waals surface area contributed by atoms with Crippen LogP contribution in [0.2, 0.25) is 5.02 Å². The Morgan fingerprint density at radius 3 is 2.70 bits per heavy atom. The fraction of sp³-hybridized carbons (Fsp3) is 0.286. The van der Waals surface area contributed by atoms with Gasteiger partial charge in [-0.1, -0.05) is 25.4 Å². The lowest BCUT2D eigenvalue weighted by Gasteiger charge is -2.16. The molecular weight excluding hydrogens is 278 g/mol. The summed E-state index contributed by atoms with van der Waals surface area (Å²) in [6, 6.07) is 2.68. The molecule has 2 rings (SSSR count). The predicted molar refractivity (Wildman–Crippen MR) is 78.2 cm³/mol. The summed E-state index contributed by atoms with van der Waals surface area (Å²) in [5.41, 5.74) is 6.22. The summed E-state index contributed by atoms with van der Waals surface area (Å²) in [6.07, 6.45) is 2.85. The second-order valence-corrected chi connectivity index (χ2v) is 5.37. The highest BCUT2D eigenvalue weighted by Gasteiger charge is 2.18. The van der Waals surface area contributed by atoms with Crippen molar-refractivity contribution in [2.75, 3.05) is 5.32 Å². The fourth-order valence-electron chi connectivity index (χ4n) is 1.76. The Morgan fingerprint density at radius 2 is 2.05 bits per heavy atom. The first-order valence-corrected chi connectivity index (χ1v) is 6.59. The van der Waals surface area contributed by atoms with Gasteiger partial charge in [-0.3, -0.25) is 9.59 Å². The van der Waals surface area contributed by atoms with Crippen LogP contribution in [0.1, 0.15) is 13.8 Å². The molecule has 0 aliphatic carbocycles. The van der Waals surface area contributed by atoms with E-state index in [-0.39, 0.29) is 17.7 Å². The summed E-state index contributed by atoms with van der Waals surface area (Å²) in [4.78, 5) is 23.2. The number of benzene rings is 1. The number of amides is 2. The van der Waals surface area contributed by atoms with Crippen LogP contribution in [-0.2, 0) is 9.59 Å². The van der Waals surface area contributed by atoms with Crippen LogP contribution >= 0.6 is 11.6 Å². The molecule has 0 unspecified atom stereocenters. The summed E-state index contributed by atoms with van der Waals surface area (Å²) in [5.74, 6) is -0.625. The lowest BCUT2D eigenvalue weighted by molar-refractivity contribution is -0.118. The van der Waals surface area contributed by atoms with E-state index < -0.39 is 6.04 Å². The maximum atomic E-state index is 11.9. The Morgan fingerprint density at radius 1 is 1.35 bits per heavy atom. The minimum Gasteiger partial charge on any atom is -0.323 e. The number of fused-ring (bicyclic) bond motifs is 1. The van der Waals surface area contributed by atoms with Gasteiger partial charge >= 0.3 is 0 Å². The molecule has 3 N–H and O–H groups in total. The third kappa shape index (κ3) is 3.00. The van der Waals surface area contributed by atoms with Gasteiger partial charge in [-0.25, -0.2) is 5.32 Å². The zero-order chi connectivity index (χ0) is 14.9. The summed E-state index contributed by atoms with van der Waals surface area (Å²) < 4.78 is 0. The lowest BCUT2D eigenvalue weighted by atomic mass is 10.0. The van der Waals surface area contributed by atoms with Crippen LogP contribution in [0.3, 0.4) is 0 Å². The van der Waals surface area contributed by atoms with Crippen LogP contribution in [0.5, 0.6) is 0 Å². The molecule has 1 atom stereocenters. The number of halogens is 1. The molecule has 1 aliphatic rings. The molecule has 0 fully saturated rings. The first-order chi connectivity index (χ1) is 9.38. The van der Waals surface area contributed by atoms with Crippen molar-refractivity contribution >= 4 is 41.4 Å². The normalized spacial score (nSPS) is 14.8. The van der Waals surface area contributed by atoms with Gasteiger partial charge < -0.3 is 11.1 Å². The van der Waals surface area contributed by atoms with E-state index in [0.29, 0.717) is 15.9 Å². The maximum absolute atomic E-state index is 11.9. The van der Waals surface area contributed by atoms with Crippen LogP contribution in [-0.4, -0.2) is 17.9 Å². The zero-order valence-electron chi connectivity index (χ0n) is 11.2. The van der Waals surface area contributed by atoms with Gasteiger partial charge in [0.25, 0.3) is 5.91 Å². The van der Waals surface area contributed by atoms with Crippen molar-refractivity contribution in [2.24, 2.45) is 11.7 Å². The van der Waals surface area contributed by atoms with Gasteiger partial charge in [0.15, 0.2) is 0 Å². The average molecular weight is 293 g/mol. The van der Waals surface area contributed by atoms with Crippen molar-refractivity contribution in [1.82, 2.24) is 5.32 Å². The Hall–Kier alpha value is -1.85. The van der Waals surface area contributed by atoms with Gasteiger partial charge in [0, 0.05) is 17.5 Å². The van der Waals surface area contributed by atoms with Crippen LogP contribution in [0.4, 0.5) is 5.69 Å². The molecule has 1 aromatic carbocycles. The van der Waals surface area contributed by atoms with Crippen LogP contribution in [0.25, 0.3) is 12.3 Å². The molecular formula is C14H15ClN3O2. The third-order valence-electron chi connectivity index (χ3n) is 3.06. The Labute approximate surface area is 121 Å². The zero-order valence-corrected chi connectivity index (χ0v) is 11.9. The van der Waals surface area contributed by atoms with Crippen molar-refractivity contribution in [1.29, 1.82) is 0 Å². The minimum atomic E-state index is -0.616. The van der Waals surface area contributed by atoms with E-state index in [9.17, 15) is 9.59 Å². The predicted octanol–water partition coefficient (Wildman–Crippen LogP) is -0.0751. The fourth-order valence-corrected chi connectivity index (χ4v) is 1.98. The van der Waals surface area contributed by atoms with Crippen LogP contribution < -0.4 is 26.8 Å². The molecule has 20 heavy (non-hydrogen) atoms. The number of rotatable bonds is 3. The van der Waals surface area contributed by atoms with Gasteiger partial charge in [0.2, 0.25) is 5.91 Å². The molecule has 0 saturated carbocycles. The second kappa shape index (κ2) is 5.64. The van der Waals surface area contributed by atoms with Gasteiger partial charge in [-0.15, -0.1) is 0 Å². The molecule has 1 aromatic rings. The topological polar surface area (TPSA) is 86.3 Å². The number of anilines is 1. The number of carbonyl (C=O) groups excluding carboxylic acids is 2. The third-order valence-corrected chi connectivity index (χ3v) is 3.37. The molecule has 2 amide bonds. The van der Waals surface area contributed by atoms with Gasteiger partial charge in [0.1, 0.15) is 0 Å². The molecule has 105 valence electrons. The Bertz CT molecular complexity index is 682. The Balaban J connectivity index is 2.35. The molecule has 1 radical (unpaired) electrons. The number of nitrogens with one attached hydrogen (secondary N) is 1. The van der Waals surface area contributed by atoms with Crippen molar-refractivity contribution < 1.29 is 9.59 Å². The standard InChI is InChI=1S/C14H15ClN3O2/c1-7(2)13(16)14(20)18-11-4-8-5-12(19)17-6-9(8)3-10(11)15/h3-7,13H,16H2,1-2H3,(H,18,20)/t13-/m0/s1. The van der Waals surface area contributed by atoms with E-state index in [2.05, 4.69) is 10.6 Å². The molecule has 0 spiro atoms. The van der Waals surface area contributed by atoms with Gasteiger partial charge in [-0.05, 0) is 23.3 Å². The summed E-state index contributed by atoms with van der Waals surface area (Å²) in [7, 11) is 0. The van der Waals surface area contributed by atoms with Crippen LogP contribution in [0.15, 0.2) is 12.1 Å². The largest absolute Gasteiger partial charge is 0.323 e. The molecule has 6 heteroatoms. The number of carbonyl (C=O) groups is 2. The molecule has 0 bridgehead atoms. The summed E-state index contributed by atoms with van der Waals surface area (Å²) in [6.45, 7) is 3.73. The van der Waals surface area contributed by atoms with E-state index >= 15 is 0 Å². The highest BCUT2D eigenvalue weighted by atomic mass is 35.5. The first kappa shape index (κ1) is 14.6. The van der Waals surface area contributed by atoms with Crippen LogP contribution in [0, 0.1) is 5.92 Å². The van der Waals surface area contributed by atoms with E-state index in [1.165, 1.54) is 12.3 Å². The monoisotopic (exact) mass is 292 g/mol. The SMILES string of the molecule is CC(C)[C@H](N)C(=O)Nc1cc2c(cc1Cl)=C[N]C(=O)C=2. The van der Waals surface area contributed by atoms with Crippen molar-refractivity contribution in [3.8, 4) is 0 Å². The maximum Gasteiger partial charge on any atom is 0.270 e.